The monoisotopic (exact) mass is 182 g/mol. The quantitative estimate of drug-likeness (QED) is 0.537. The number of rotatable bonds is 5. The Bertz CT molecular complexity index is 109. The van der Waals surface area contributed by atoms with Crippen molar-refractivity contribution in [3.8, 4) is 0 Å². The minimum Gasteiger partial charge on any atom is -0.0628 e. The van der Waals surface area contributed by atoms with Crippen LogP contribution < -0.4 is 0 Å². The van der Waals surface area contributed by atoms with Crippen LogP contribution in [0.3, 0.4) is 0 Å². The van der Waals surface area contributed by atoms with E-state index in [2.05, 4.69) is 13.8 Å². The lowest BCUT2D eigenvalue weighted by atomic mass is 9.85. The Morgan fingerprint density at radius 3 is 2.31 bits per heavy atom. The second-order valence-electron chi connectivity index (χ2n) is 5.18. The third kappa shape index (κ3) is 5.33. The highest BCUT2D eigenvalue weighted by Gasteiger charge is 2.12. The largest absolute Gasteiger partial charge is 0.0628 e. The predicted molar refractivity (Wildman–Crippen MR) is 59.9 cm³/mol. The first-order valence-electron chi connectivity index (χ1n) is 6.29. The fourth-order valence-electron chi connectivity index (χ4n) is 2.46. The van der Waals surface area contributed by atoms with Gasteiger partial charge in [0.1, 0.15) is 0 Å². The average Bonchev–Trinajstić information content (AvgIpc) is 2.14. The van der Waals surface area contributed by atoms with Crippen molar-refractivity contribution in [2.24, 2.45) is 11.8 Å². The fourth-order valence-corrected chi connectivity index (χ4v) is 2.46. The molecule has 0 aromatic rings. The van der Waals surface area contributed by atoms with E-state index in [1.807, 2.05) is 0 Å². The van der Waals surface area contributed by atoms with E-state index in [1.165, 1.54) is 57.8 Å². The van der Waals surface area contributed by atoms with E-state index >= 15 is 0 Å². The maximum atomic E-state index is 2.33. The molecule has 0 spiro atoms. The maximum absolute atomic E-state index is 2.33. The lowest BCUT2D eigenvalue weighted by Gasteiger charge is -2.21. The summed E-state index contributed by atoms with van der Waals surface area (Å²) in [6.07, 6.45) is 13.5. The Morgan fingerprint density at radius 1 is 1.00 bits per heavy atom. The molecule has 0 bridgehead atoms. The first kappa shape index (κ1) is 11.1. The summed E-state index contributed by atoms with van der Waals surface area (Å²) >= 11 is 0. The van der Waals surface area contributed by atoms with Crippen LogP contribution in [0.2, 0.25) is 0 Å². The van der Waals surface area contributed by atoms with Crippen LogP contribution in [0, 0.1) is 11.8 Å². The van der Waals surface area contributed by atoms with Crippen LogP contribution >= 0.6 is 0 Å². The third-order valence-corrected chi connectivity index (χ3v) is 3.37. The molecular formula is C13H26. The summed E-state index contributed by atoms with van der Waals surface area (Å²) in [5, 5.41) is 0. The van der Waals surface area contributed by atoms with Gasteiger partial charge in [-0.3, -0.25) is 0 Å². The average molecular weight is 182 g/mol. The summed E-state index contributed by atoms with van der Waals surface area (Å²) < 4.78 is 0. The normalized spacial score (nSPS) is 19.6. The highest BCUT2D eigenvalue weighted by atomic mass is 14.2. The molecule has 0 aliphatic heterocycles. The van der Waals surface area contributed by atoms with E-state index in [9.17, 15) is 0 Å². The summed E-state index contributed by atoms with van der Waals surface area (Å²) in [5.41, 5.74) is 0. The molecule has 1 fully saturated rings. The van der Waals surface area contributed by atoms with Crippen molar-refractivity contribution in [2.75, 3.05) is 0 Å². The summed E-state index contributed by atoms with van der Waals surface area (Å²) in [5.74, 6) is 2.01. The molecule has 0 aromatic carbocycles. The lowest BCUT2D eigenvalue weighted by Crippen LogP contribution is -2.05. The molecule has 0 radical (unpaired) electrons. The van der Waals surface area contributed by atoms with Gasteiger partial charge >= 0.3 is 0 Å². The van der Waals surface area contributed by atoms with E-state index in [1.54, 1.807) is 0 Å². The van der Waals surface area contributed by atoms with Crippen LogP contribution in [0.15, 0.2) is 0 Å². The van der Waals surface area contributed by atoms with Crippen LogP contribution in [0.25, 0.3) is 0 Å². The van der Waals surface area contributed by atoms with Crippen molar-refractivity contribution < 1.29 is 0 Å². The Hall–Kier alpha value is 0. The number of unbranched alkanes of at least 4 members (excludes halogenated alkanes) is 1. The zero-order valence-electron chi connectivity index (χ0n) is 9.52. The number of hydrogen-bond acceptors (Lipinski definition) is 0. The van der Waals surface area contributed by atoms with Crippen molar-refractivity contribution in [1.29, 1.82) is 0 Å². The van der Waals surface area contributed by atoms with E-state index < -0.39 is 0 Å². The molecule has 13 heavy (non-hydrogen) atoms. The Labute approximate surface area is 84.1 Å². The molecule has 0 unspecified atom stereocenters. The van der Waals surface area contributed by atoms with Gasteiger partial charge in [-0.2, -0.15) is 0 Å². The van der Waals surface area contributed by atoms with Crippen molar-refractivity contribution in [3.63, 3.8) is 0 Å². The minimum absolute atomic E-state index is 0.909. The predicted octanol–water partition coefficient (Wildman–Crippen LogP) is 4.78. The molecule has 78 valence electrons. The van der Waals surface area contributed by atoms with Crippen LogP contribution in [0.1, 0.15) is 71.6 Å². The summed E-state index contributed by atoms with van der Waals surface area (Å²) in [6, 6.07) is 0. The van der Waals surface area contributed by atoms with Crippen molar-refractivity contribution in [3.05, 3.63) is 0 Å². The number of hydrogen-bond donors (Lipinski definition) is 0. The standard InChI is InChI=1S/C13H26/c1-12(2)8-6-7-11-13-9-4-3-5-10-13/h12-13H,3-11H2,1-2H3. The zero-order valence-corrected chi connectivity index (χ0v) is 9.52. The summed E-state index contributed by atoms with van der Waals surface area (Å²) in [6.45, 7) is 4.67. The van der Waals surface area contributed by atoms with Gasteiger partial charge in [0, 0.05) is 0 Å². The van der Waals surface area contributed by atoms with Crippen LogP contribution in [-0.2, 0) is 0 Å². The van der Waals surface area contributed by atoms with E-state index in [0.717, 1.165) is 11.8 Å². The second kappa shape index (κ2) is 6.45. The molecule has 0 amide bonds. The van der Waals surface area contributed by atoms with Gasteiger partial charge in [-0.15, -0.1) is 0 Å². The second-order valence-corrected chi connectivity index (χ2v) is 5.18. The smallest absolute Gasteiger partial charge is 0.0414 e. The Kier molecular flexibility index (Phi) is 5.50. The summed E-state index contributed by atoms with van der Waals surface area (Å²) in [7, 11) is 0. The molecular weight excluding hydrogens is 156 g/mol. The molecule has 0 N–H and O–H groups in total. The summed E-state index contributed by atoms with van der Waals surface area (Å²) in [4.78, 5) is 0. The molecule has 0 atom stereocenters. The van der Waals surface area contributed by atoms with Gasteiger partial charge in [-0.25, -0.2) is 0 Å². The van der Waals surface area contributed by atoms with Crippen molar-refractivity contribution >= 4 is 0 Å². The lowest BCUT2D eigenvalue weighted by molar-refractivity contribution is 0.325. The van der Waals surface area contributed by atoms with E-state index in [-0.39, 0.29) is 0 Å². The Balaban J connectivity index is 1.92. The molecule has 1 aliphatic rings. The molecule has 1 saturated carbocycles. The highest BCUT2D eigenvalue weighted by Crippen LogP contribution is 2.28. The first-order chi connectivity index (χ1) is 6.29. The molecule has 1 aliphatic carbocycles. The van der Waals surface area contributed by atoms with Crippen LogP contribution in [-0.4, -0.2) is 0 Å². The molecule has 0 heteroatoms. The van der Waals surface area contributed by atoms with Gasteiger partial charge in [-0.05, 0) is 11.8 Å². The van der Waals surface area contributed by atoms with Gasteiger partial charge in [-0.1, -0.05) is 71.6 Å². The highest BCUT2D eigenvalue weighted by molar-refractivity contribution is 4.65. The van der Waals surface area contributed by atoms with Gasteiger partial charge in [0.15, 0.2) is 0 Å². The van der Waals surface area contributed by atoms with Crippen molar-refractivity contribution in [1.82, 2.24) is 0 Å². The molecule has 0 saturated heterocycles. The van der Waals surface area contributed by atoms with E-state index in [0.29, 0.717) is 0 Å². The fraction of sp³-hybridized carbons (Fsp3) is 1.00. The van der Waals surface area contributed by atoms with Crippen molar-refractivity contribution in [2.45, 2.75) is 71.6 Å². The van der Waals surface area contributed by atoms with Gasteiger partial charge < -0.3 is 0 Å². The third-order valence-electron chi connectivity index (χ3n) is 3.37. The van der Waals surface area contributed by atoms with Gasteiger partial charge in [0.05, 0.1) is 0 Å². The maximum Gasteiger partial charge on any atom is -0.0414 e. The minimum atomic E-state index is 0.909. The molecule has 0 nitrogen and oxygen atoms in total. The topological polar surface area (TPSA) is 0 Å². The first-order valence-corrected chi connectivity index (χ1v) is 6.29. The zero-order chi connectivity index (χ0) is 9.52. The van der Waals surface area contributed by atoms with Crippen LogP contribution in [0.5, 0.6) is 0 Å². The molecule has 1 rings (SSSR count). The van der Waals surface area contributed by atoms with E-state index in [4.69, 9.17) is 0 Å². The molecule has 0 heterocycles. The molecule has 0 aromatic heterocycles. The van der Waals surface area contributed by atoms with Gasteiger partial charge in [0.2, 0.25) is 0 Å². The SMILES string of the molecule is CC(C)CCCCC1CCCCC1. The van der Waals surface area contributed by atoms with Gasteiger partial charge in [0.25, 0.3) is 0 Å². The Morgan fingerprint density at radius 2 is 1.69 bits per heavy atom. The van der Waals surface area contributed by atoms with Crippen LogP contribution in [0.4, 0.5) is 0 Å².